The van der Waals surface area contributed by atoms with Crippen LogP contribution >= 0.6 is 0 Å². The van der Waals surface area contributed by atoms with Crippen molar-refractivity contribution in [3.8, 4) is 50.2 Å². The highest BCUT2D eigenvalue weighted by atomic mass is 16.3. The van der Waals surface area contributed by atoms with Crippen LogP contribution in [0.5, 0.6) is 0 Å². The van der Waals surface area contributed by atoms with Crippen LogP contribution < -0.4 is 4.90 Å². The van der Waals surface area contributed by atoms with Gasteiger partial charge in [-0.3, -0.25) is 0 Å². The van der Waals surface area contributed by atoms with E-state index < -0.39 is 0 Å². The van der Waals surface area contributed by atoms with Gasteiger partial charge in [-0.15, -0.1) is 0 Å². The Balaban J connectivity index is 1.01. The van der Waals surface area contributed by atoms with E-state index >= 15 is 0 Å². The van der Waals surface area contributed by atoms with Gasteiger partial charge in [0.15, 0.2) is 0 Å². The monoisotopic (exact) mass is 804 g/mol. The predicted molar refractivity (Wildman–Crippen MR) is 264 cm³/mol. The molecule has 2 aromatic heterocycles. The molecule has 0 saturated heterocycles. The van der Waals surface area contributed by atoms with Gasteiger partial charge in [0, 0.05) is 44.2 Å². The second kappa shape index (κ2) is 15.3. The Kier molecular flexibility index (Phi) is 8.83. The number of furan rings is 1. The number of hydrogen-bond acceptors (Lipinski definition) is 2. The normalized spacial score (nSPS) is 11.5. The van der Waals surface area contributed by atoms with E-state index in [-0.39, 0.29) is 0 Å². The largest absolute Gasteiger partial charge is 0.456 e. The van der Waals surface area contributed by atoms with Crippen molar-refractivity contribution in [3.05, 3.63) is 243 Å². The number of rotatable bonds is 8. The molecular weight excluding hydrogens is 765 g/mol. The molecule has 12 aromatic rings. The van der Waals surface area contributed by atoms with E-state index in [1.807, 2.05) is 12.1 Å². The summed E-state index contributed by atoms with van der Waals surface area (Å²) < 4.78 is 8.71. The highest BCUT2D eigenvalue weighted by Crippen LogP contribution is 2.46. The number of hydrogen-bond donors (Lipinski definition) is 0. The number of benzene rings is 10. The van der Waals surface area contributed by atoms with E-state index in [1.165, 1.54) is 44.1 Å². The molecule has 0 aliphatic rings. The molecule has 63 heavy (non-hydrogen) atoms. The van der Waals surface area contributed by atoms with Crippen molar-refractivity contribution in [1.82, 2.24) is 4.57 Å². The molecule has 0 saturated carbocycles. The topological polar surface area (TPSA) is 21.3 Å². The molecule has 2 heterocycles. The Morgan fingerprint density at radius 1 is 0.302 bits per heavy atom. The average molecular weight is 805 g/mol. The Labute approximate surface area is 366 Å². The molecule has 0 unspecified atom stereocenters. The van der Waals surface area contributed by atoms with Crippen molar-refractivity contribution in [2.45, 2.75) is 0 Å². The van der Waals surface area contributed by atoms with Crippen LogP contribution in [0.3, 0.4) is 0 Å². The van der Waals surface area contributed by atoms with Crippen molar-refractivity contribution in [3.63, 3.8) is 0 Å². The molecule has 12 rings (SSSR count). The first kappa shape index (κ1) is 36.5. The van der Waals surface area contributed by atoms with Crippen LogP contribution in [0, 0.1) is 0 Å². The van der Waals surface area contributed by atoms with Crippen molar-refractivity contribution in [2.24, 2.45) is 0 Å². The molecule has 0 aliphatic heterocycles. The molecule has 0 bridgehead atoms. The fourth-order valence-corrected chi connectivity index (χ4v) is 9.55. The lowest BCUT2D eigenvalue weighted by molar-refractivity contribution is 0.669. The minimum atomic E-state index is 0.870. The lowest BCUT2D eigenvalue weighted by Gasteiger charge is -2.29. The summed E-state index contributed by atoms with van der Waals surface area (Å²) in [5, 5.41) is 4.70. The fourth-order valence-electron chi connectivity index (χ4n) is 9.55. The molecular formula is C60H40N2O. The van der Waals surface area contributed by atoms with Crippen LogP contribution in [0.25, 0.3) is 93.9 Å². The van der Waals surface area contributed by atoms with Crippen LogP contribution in [0.4, 0.5) is 17.1 Å². The number of fused-ring (bicyclic) bond motifs is 6. The third kappa shape index (κ3) is 6.29. The summed E-state index contributed by atoms with van der Waals surface area (Å²) in [6, 6.07) is 87.2. The second-order valence-electron chi connectivity index (χ2n) is 16.1. The third-order valence-corrected chi connectivity index (χ3v) is 12.4. The maximum atomic E-state index is 6.33. The van der Waals surface area contributed by atoms with Crippen LogP contribution in [0.1, 0.15) is 0 Å². The first-order valence-electron chi connectivity index (χ1n) is 21.5. The van der Waals surface area contributed by atoms with Gasteiger partial charge in [0.25, 0.3) is 0 Å². The summed E-state index contributed by atoms with van der Waals surface area (Å²) in [5.74, 6) is 0. The first-order valence-corrected chi connectivity index (χ1v) is 21.5. The Morgan fingerprint density at radius 3 is 1.56 bits per heavy atom. The Hall–Kier alpha value is -8.40. The van der Waals surface area contributed by atoms with Crippen molar-refractivity contribution < 1.29 is 4.42 Å². The fraction of sp³-hybridized carbons (Fsp3) is 0. The average Bonchev–Trinajstić information content (AvgIpc) is 3.90. The van der Waals surface area contributed by atoms with Crippen molar-refractivity contribution in [1.29, 1.82) is 0 Å². The third-order valence-electron chi connectivity index (χ3n) is 12.4. The smallest absolute Gasteiger partial charge is 0.135 e. The first-order chi connectivity index (χ1) is 31.3. The molecule has 0 fully saturated rings. The van der Waals surface area contributed by atoms with E-state index in [9.17, 15) is 0 Å². The summed E-state index contributed by atoms with van der Waals surface area (Å²) in [6.45, 7) is 0. The quantitative estimate of drug-likeness (QED) is 0.153. The molecule has 3 heteroatoms. The van der Waals surface area contributed by atoms with Gasteiger partial charge in [-0.1, -0.05) is 176 Å². The number of anilines is 3. The number of nitrogens with zero attached hydrogens (tertiary/aromatic N) is 2. The molecule has 0 aliphatic carbocycles. The van der Waals surface area contributed by atoms with Crippen molar-refractivity contribution in [2.75, 3.05) is 4.90 Å². The van der Waals surface area contributed by atoms with E-state index in [0.717, 1.165) is 66.9 Å². The SMILES string of the molecule is c1ccc(-c2ccccc2-c2ccccc2-c2ccccc2N(c2ccc(-c3cccc(-n4c5ccccc5c5ccccc54)c3)cc2)c2ccc3oc4ccccc4c3c2)cc1. The molecule has 3 nitrogen and oxygen atoms in total. The molecule has 0 spiro atoms. The van der Waals surface area contributed by atoms with Crippen LogP contribution in [-0.4, -0.2) is 4.57 Å². The summed E-state index contributed by atoms with van der Waals surface area (Å²) in [5.41, 5.74) is 17.8. The summed E-state index contributed by atoms with van der Waals surface area (Å²) >= 11 is 0. The van der Waals surface area contributed by atoms with Crippen molar-refractivity contribution >= 4 is 60.8 Å². The Bertz CT molecular complexity index is 3580. The van der Waals surface area contributed by atoms with Gasteiger partial charge < -0.3 is 13.9 Å². The van der Waals surface area contributed by atoms with Gasteiger partial charge in [0.05, 0.1) is 16.7 Å². The summed E-state index contributed by atoms with van der Waals surface area (Å²) in [7, 11) is 0. The predicted octanol–water partition coefficient (Wildman–Crippen LogP) is 16.8. The number of aromatic nitrogens is 1. The van der Waals surface area contributed by atoms with E-state index in [4.69, 9.17) is 4.42 Å². The van der Waals surface area contributed by atoms with Gasteiger partial charge in [-0.05, 0) is 106 Å². The van der Waals surface area contributed by atoms with Crippen LogP contribution in [0.15, 0.2) is 247 Å². The highest BCUT2D eigenvalue weighted by Gasteiger charge is 2.22. The van der Waals surface area contributed by atoms with E-state index in [1.54, 1.807) is 0 Å². The lowest BCUT2D eigenvalue weighted by atomic mass is 9.88. The summed E-state index contributed by atoms with van der Waals surface area (Å²) in [4.78, 5) is 2.40. The van der Waals surface area contributed by atoms with Crippen LogP contribution in [-0.2, 0) is 0 Å². The maximum absolute atomic E-state index is 6.33. The van der Waals surface area contributed by atoms with E-state index in [2.05, 4.69) is 240 Å². The molecule has 0 amide bonds. The lowest BCUT2D eigenvalue weighted by Crippen LogP contribution is -2.11. The second-order valence-corrected chi connectivity index (χ2v) is 16.1. The zero-order valence-corrected chi connectivity index (χ0v) is 34.4. The van der Waals surface area contributed by atoms with Gasteiger partial charge in [0.2, 0.25) is 0 Å². The zero-order chi connectivity index (χ0) is 41.7. The van der Waals surface area contributed by atoms with Gasteiger partial charge in [-0.2, -0.15) is 0 Å². The van der Waals surface area contributed by atoms with Crippen LogP contribution in [0.2, 0.25) is 0 Å². The Morgan fingerprint density at radius 2 is 0.825 bits per heavy atom. The van der Waals surface area contributed by atoms with Gasteiger partial charge in [0.1, 0.15) is 11.2 Å². The maximum Gasteiger partial charge on any atom is 0.135 e. The minimum Gasteiger partial charge on any atom is -0.456 e. The van der Waals surface area contributed by atoms with E-state index in [0.29, 0.717) is 0 Å². The zero-order valence-electron chi connectivity index (χ0n) is 34.4. The summed E-state index contributed by atoms with van der Waals surface area (Å²) in [6.07, 6.45) is 0. The molecule has 0 atom stereocenters. The van der Waals surface area contributed by atoms with Gasteiger partial charge in [-0.25, -0.2) is 0 Å². The van der Waals surface area contributed by atoms with Gasteiger partial charge >= 0.3 is 0 Å². The minimum absolute atomic E-state index is 0.870. The standard InChI is InChI=1S/C60H40N2O/c1-2-17-42(18-3-1)47-21-4-5-22-48(47)49-23-6-7-24-50(49)51-25-8-12-29-56(51)61(46-37-38-60-55(40-46)54-28-11-15-32-59(54)63-60)44-35-33-41(34-36-44)43-19-16-20-45(39-43)62-57-30-13-9-26-52(57)53-27-10-14-31-58(53)62/h1-40H. The molecule has 10 aromatic carbocycles. The molecule has 0 N–H and O–H groups in total. The molecule has 0 radical (unpaired) electrons. The number of para-hydroxylation sites is 4. The molecule has 296 valence electrons. The highest BCUT2D eigenvalue weighted by molar-refractivity contribution is 6.10.